The van der Waals surface area contributed by atoms with E-state index in [2.05, 4.69) is 43.2 Å². The molecule has 0 aliphatic carbocycles. The summed E-state index contributed by atoms with van der Waals surface area (Å²) in [6.45, 7) is 8.93. The maximum Gasteiger partial charge on any atom is 0.255 e. The topological polar surface area (TPSA) is 77.2 Å². The first-order valence-corrected chi connectivity index (χ1v) is 10.2. The normalized spacial score (nSPS) is 11.9. The quantitative estimate of drug-likeness (QED) is 0.550. The highest BCUT2D eigenvalue weighted by molar-refractivity contribution is 5.98. The van der Waals surface area contributed by atoms with E-state index in [0.717, 1.165) is 22.8 Å². The van der Waals surface area contributed by atoms with Crippen LogP contribution in [0.4, 0.5) is 5.82 Å². The molecule has 0 bridgehead atoms. The van der Waals surface area contributed by atoms with Crippen molar-refractivity contribution < 1.29 is 9.53 Å². The molecule has 3 aromatic rings. The molecule has 1 heterocycles. The first-order valence-electron chi connectivity index (χ1n) is 10.2. The first-order chi connectivity index (χ1) is 14.3. The van der Waals surface area contributed by atoms with Crippen LogP contribution >= 0.6 is 0 Å². The van der Waals surface area contributed by atoms with Crippen molar-refractivity contribution in [3.8, 4) is 11.5 Å². The molecule has 1 unspecified atom stereocenters. The highest BCUT2D eigenvalue weighted by atomic mass is 16.5. The molecule has 1 aromatic heterocycles. The second-order valence-corrected chi connectivity index (χ2v) is 7.92. The maximum absolute atomic E-state index is 12.3. The lowest BCUT2D eigenvalue weighted by Gasteiger charge is -2.16. The third-order valence-corrected chi connectivity index (χ3v) is 5.33. The lowest BCUT2D eigenvalue weighted by molar-refractivity contribution is 0.0951. The molecular weight excluding hydrogens is 374 g/mol. The van der Waals surface area contributed by atoms with E-state index >= 15 is 0 Å². The Morgan fingerprint density at radius 3 is 2.13 bits per heavy atom. The smallest absolute Gasteiger partial charge is 0.255 e. The van der Waals surface area contributed by atoms with Crippen LogP contribution in [0.15, 0.2) is 60.7 Å². The molecule has 3 rings (SSSR count). The molecule has 0 aliphatic heterocycles. The summed E-state index contributed by atoms with van der Waals surface area (Å²) < 4.78 is 5.94. The molecule has 0 saturated heterocycles. The number of nitrogens with two attached hydrogens (primary N) is 1. The number of carbonyl (C=O) groups is 1. The van der Waals surface area contributed by atoms with Gasteiger partial charge in [-0.1, -0.05) is 45.0 Å². The Hall–Kier alpha value is -3.34. The molecule has 3 N–H and O–H groups in total. The minimum atomic E-state index is -0.240. The zero-order valence-electron chi connectivity index (χ0n) is 18.0. The highest BCUT2D eigenvalue weighted by Crippen LogP contribution is 2.27. The number of nitrogens with one attached hydrogen (secondary N) is 1. The van der Waals surface area contributed by atoms with Gasteiger partial charge >= 0.3 is 0 Å². The lowest BCUT2D eigenvalue weighted by Crippen LogP contribution is -2.24. The predicted octanol–water partition coefficient (Wildman–Crippen LogP) is 5.45. The van der Waals surface area contributed by atoms with Crippen LogP contribution in [-0.2, 0) is 6.54 Å². The molecule has 0 saturated carbocycles. The molecule has 5 nitrogen and oxygen atoms in total. The number of pyridine rings is 1. The molecule has 1 atom stereocenters. The zero-order valence-corrected chi connectivity index (χ0v) is 18.0. The summed E-state index contributed by atoms with van der Waals surface area (Å²) in [6.07, 6.45) is 0. The van der Waals surface area contributed by atoms with Crippen LogP contribution in [0.25, 0.3) is 0 Å². The molecule has 0 fully saturated rings. The second-order valence-electron chi connectivity index (χ2n) is 7.92. The fourth-order valence-corrected chi connectivity index (χ4v) is 3.08. The molecule has 30 heavy (non-hydrogen) atoms. The van der Waals surface area contributed by atoms with Gasteiger partial charge in [-0.2, -0.15) is 0 Å². The van der Waals surface area contributed by atoms with Crippen molar-refractivity contribution in [2.24, 2.45) is 5.92 Å². The van der Waals surface area contributed by atoms with Crippen molar-refractivity contribution in [1.82, 2.24) is 10.3 Å². The second kappa shape index (κ2) is 9.44. The van der Waals surface area contributed by atoms with E-state index in [-0.39, 0.29) is 11.7 Å². The van der Waals surface area contributed by atoms with Crippen molar-refractivity contribution in [1.29, 1.82) is 0 Å². The molecule has 0 aliphatic rings. The van der Waals surface area contributed by atoms with Crippen molar-refractivity contribution in [3.63, 3.8) is 0 Å². The predicted molar refractivity (Wildman–Crippen MR) is 121 cm³/mol. The van der Waals surface area contributed by atoms with Crippen LogP contribution in [0.1, 0.15) is 53.9 Å². The Balaban J connectivity index is 1.56. The van der Waals surface area contributed by atoms with Crippen LogP contribution in [0.2, 0.25) is 0 Å². The highest BCUT2D eigenvalue weighted by Gasteiger charge is 2.11. The molecule has 5 heteroatoms. The van der Waals surface area contributed by atoms with E-state index in [4.69, 9.17) is 10.5 Å². The fourth-order valence-electron chi connectivity index (χ4n) is 3.08. The number of aromatic nitrogens is 1. The van der Waals surface area contributed by atoms with Gasteiger partial charge in [-0.05, 0) is 66.3 Å². The number of amides is 1. The van der Waals surface area contributed by atoms with E-state index in [1.54, 1.807) is 12.1 Å². The first kappa shape index (κ1) is 21.4. The van der Waals surface area contributed by atoms with Crippen molar-refractivity contribution in [2.75, 3.05) is 5.73 Å². The van der Waals surface area contributed by atoms with E-state index in [1.807, 2.05) is 43.3 Å². The van der Waals surface area contributed by atoms with Crippen LogP contribution in [0.5, 0.6) is 11.5 Å². The Morgan fingerprint density at radius 1 is 0.967 bits per heavy atom. The number of ether oxygens (including phenoxy) is 1. The van der Waals surface area contributed by atoms with Gasteiger partial charge in [0, 0.05) is 12.2 Å². The maximum atomic E-state index is 12.3. The third-order valence-electron chi connectivity index (χ3n) is 5.33. The van der Waals surface area contributed by atoms with E-state index < -0.39 is 0 Å². The molecule has 1 amide bonds. The van der Waals surface area contributed by atoms with Gasteiger partial charge < -0.3 is 15.8 Å². The summed E-state index contributed by atoms with van der Waals surface area (Å²) in [7, 11) is 0. The molecule has 0 radical (unpaired) electrons. The summed E-state index contributed by atoms with van der Waals surface area (Å²) in [5.74, 6) is 2.67. The summed E-state index contributed by atoms with van der Waals surface area (Å²) in [4.78, 5) is 16.4. The Labute approximate surface area is 178 Å². The average molecular weight is 404 g/mol. The van der Waals surface area contributed by atoms with Gasteiger partial charge in [0.15, 0.2) is 0 Å². The van der Waals surface area contributed by atoms with Gasteiger partial charge in [-0.3, -0.25) is 4.79 Å². The molecule has 2 aromatic carbocycles. The van der Waals surface area contributed by atoms with Crippen molar-refractivity contribution in [2.45, 2.75) is 40.2 Å². The summed E-state index contributed by atoms with van der Waals surface area (Å²) in [6, 6.07) is 19.4. The van der Waals surface area contributed by atoms with Crippen LogP contribution < -0.4 is 15.8 Å². The van der Waals surface area contributed by atoms with Gasteiger partial charge in [0.25, 0.3) is 5.91 Å². The number of rotatable bonds is 7. The van der Waals surface area contributed by atoms with Gasteiger partial charge in [0.05, 0.1) is 5.56 Å². The zero-order chi connectivity index (χ0) is 21.7. The monoisotopic (exact) mass is 403 g/mol. The van der Waals surface area contributed by atoms with Crippen LogP contribution in [0, 0.1) is 12.8 Å². The van der Waals surface area contributed by atoms with Gasteiger partial charge in [-0.15, -0.1) is 0 Å². The van der Waals surface area contributed by atoms with Gasteiger partial charge in [-0.25, -0.2) is 4.98 Å². The number of hydrogen-bond acceptors (Lipinski definition) is 4. The Morgan fingerprint density at radius 2 is 1.57 bits per heavy atom. The minimum Gasteiger partial charge on any atom is -0.457 e. The van der Waals surface area contributed by atoms with Crippen molar-refractivity contribution in [3.05, 3.63) is 83.0 Å². The largest absolute Gasteiger partial charge is 0.457 e. The number of anilines is 1. The number of aryl methyl sites for hydroxylation is 1. The number of benzene rings is 2. The number of hydrogen-bond donors (Lipinski definition) is 2. The molecule has 0 spiro atoms. The van der Waals surface area contributed by atoms with Crippen molar-refractivity contribution >= 4 is 11.7 Å². The van der Waals surface area contributed by atoms with Crippen LogP contribution in [-0.4, -0.2) is 10.9 Å². The fraction of sp³-hybridized carbons (Fsp3) is 0.280. The van der Waals surface area contributed by atoms with E-state index in [0.29, 0.717) is 23.9 Å². The van der Waals surface area contributed by atoms with Crippen LogP contribution in [0.3, 0.4) is 0 Å². The molecule has 156 valence electrons. The summed E-state index contributed by atoms with van der Waals surface area (Å²) in [5, 5.41) is 2.87. The van der Waals surface area contributed by atoms with Gasteiger partial charge in [0.1, 0.15) is 17.3 Å². The van der Waals surface area contributed by atoms with E-state index in [9.17, 15) is 4.79 Å². The minimum absolute atomic E-state index is 0.240. The summed E-state index contributed by atoms with van der Waals surface area (Å²) >= 11 is 0. The van der Waals surface area contributed by atoms with Gasteiger partial charge in [0.2, 0.25) is 0 Å². The standard InChI is InChI=1S/C25H29N3O2/c1-16(2)18(4)20-8-12-22(13-9-20)30-21-10-6-19(7-11-21)15-27-25(29)23-14-5-17(3)28-24(23)26/h5-14,16,18H,15H2,1-4H3,(H2,26,28)(H,27,29). The SMILES string of the molecule is Cc1ccc(C(=O)NCc2ccc(Oc3ccc(C(C)C(C)C)cc3)cc2)c(N)n1. The number of carbonyl (C=O) groups excluding carboxylic acids is 1. The molecular formula is C25H29N3O2. The Bertz CT molecular complexity index is 996. The number of nitrogens with zero attached hydrogens (tertiary/aromatic N) is 1. The summed E-state index contributed by atoms with van der Waals surface area (Å²) in [5.41, 5.74) is 9.28. The third kappa shape index (κ3) is 5.38. The van der Waals surface area contributed by atoms with E-state index in [1.165, 1.54) is 5.56 Å². The Kier molecular flexibility index (Phi) is 6.72. The number of nitrogen functional groups attached to an aromatic ring is 1. The average Bonchev–Trinajstić information content (AvgIpc) is 2.73. The lowest BCUT2D eigenvalue weighted by atomic mass is 9.90.